The van der Waals surface area contributed by atoms with E-state index in [0.717, 1.165) is 50.6 Å². The van der Waals surface area contributed by atoms with Crippen molar-refractivity contribution in [3.63, 3.8) is 0 Å². The minimum absolute atomic E-state index is 0.650. The monoisotopic (exact) mass is 312 g/mol. The number of anilines is 4. The highest BCUT2D eigenvalue weighted by atomic mass is 14.9. The van der Waals surface area contributed by atoms with Gasteiger partial charge >= 0.3 is 0 Å². The van der Waals surface area contributed by atoms with Crippen LogP contribution in [0.5, 0.6) is 0 Å². The molecule has 2 aromatic carbocycles. The van der Waals surface area contributed by atoms with Gasteiger partial charge in [-0.2, -0.15) is 0 Å². The minimum Gasteiger partial charge on any atom is -0.398 e. The molecule has 0 radical (unpaired) electrons. The zero-order chi connectivity index (χ0) is 17.5. The molecule has 0 atom stereocenters. The molecule has 7 N–H and O–H groups in total. The molecular weight excluding hydrogens is 284 g/mol. The first-order chi connectivity index (χ1) is 10.7. The van der Waals surface area contributed by atoms with E-state index in [1.54, 1.807) is 0 Å². The van der Waals surface area contributed by atoms with Crippen LogP contribution in [0.3, 0.4) is 0 Å². The molecule has 4 nitrogen and oxygen atoms in total. The predicted molar refractivity (Wildman–Crippen MR) is 102 cm³/mol. The second-order valence-corrected chi connectivity index (χ2v) is 6.45. The standard InChI is InChI=1S/C19H28N4/c1-9-7-15(18(22)13(5)16(9)20)8-23-19-12(4)10(2)11(3)17(21)14(19)6/h7,23H,8,20-22H2,1-6H3. The molecule has 0 unspecified atom stereocenters. The summed E-state index contributed by atoms with van der Waals surface area (Å²) in [4.78, 5) is 0. The fraction of sp³-hybridized carbons (Fsp3) is 0.368. The van der Waals surface area contributed by atoms with Crippen LogP contribution >= 0.6 is 0 Å². The van der Waals surface area contributed by atoms with Gasteiger partial charge in [-0.05, 0) is 80.5 Å². The van der Waals surface area contributed by atoms with Gasteiger partial charge in [-0.3, -0.25) is 0 Å². The van der Waals surface area contributed by atoms with Crippen LogP contribution in [0.1, 0.15) is 38.9 Å². The smallest absolute Gasteiger partial charge is 0.0425 e. The Morgan fingerprint density at radius 3 is 1.91 bits per heavy atom. The molecule has 0 amide bonds. The molecule has 0 heterocycles. The van der Waals surface area contributed by atoms with Crippen LogP contribution in [-0.4, -0.2) is 0 Å². The van der Waals surface area contributed by atoms with Gasteiger partial charge in [0.1, 0.15) is 0 Å². The van der Waals surface area contributed by atoms with Crippen molar-refractivity contribution in [1.29, 1.82) is 0 Å². The minimum atomic E-state index is 0.650. The van der Waals surface area contributed by atoms with Gasteiger partial charge in [0.2, 0.25) is 0 Å². The normalized spacial score (nSPS) is 10.9. The van der Waals surface area contributed by atoms with Gasteiger partial charge < -0.3 is 22.5 Å². The number of rotatable bonds is 3. The Morgan fingerprint density at radius 1 is 0.696 bits per heavy atom. The highest BCUT2D eigenvalue weighted by Crippen LogP contribution is 2.33. The van der Waals surface area contributed by atoms with E-state index in [2.05, 4.69) is 39.1 Å². The molecule has 23 heavy (non-hydrogen) atoms. The molecule has 124 valence electrons. The number of benzene rings is 2. The van der Waals surface area contributed by atoms with Crippen molar-refractivity contribution in [2.24, 2.45) is 0 Å². The van der Waals surface area contributed by atoms with Gasteiger partial charge in [0, 0.05) is 29.3 Å². The highest BCUT2D eigenvalue weighted by Gasteiger charge is 2.14. The van der Waals surface area contributed by atoms with Crippen LogP contribution in [-0.2, 0) is 6.54 Å². The summed E-state index contributed by atoms with van der Waals surface area (Å²) >= 11 is 0. The first kappa shape index (κ1) is 17.0. The quantitative estimate of drug-likeness (QED) is 0.647. The van der Waals surface area contributed by atoms with Gasteiger partial charge in [0.25, 0.3) is 0 Å². The predicted octanol–water partition coefficient (Wildman–Crippen LogP) is 3.90. The maximum Gasteiger partial charge on any atom is 0.0425 e. The lowest BCUT2D eigenvalue weighted by Crippen LogP contribution is -2.11. The van der Waals surface area contributed by atoms with Crippen molar-refractivity contribution in [2.45, 2.75) is 48.1 Å². The van der Waals surface area contributed by atoms with E-state index in [-0.39, 0.29) is 0 Å². The summed E-state index contributed by atoms with van der Waals surface area (Å²) in [7, 11) is 0. The van der Waals surface area contributed by atoms with E-state index in [4.69, 9.17) is 17.2 Å². The Morgan fingerprint density at radius 2 is 1.30 bits per heavy atom. The molecule has 0 aliphatic carbocycles. The third kappa shape index (κ3) is 2.81. The van der Waals surface area contributed by atoms with Crippen LogP contribution in [0.4, 0.5) is 22.7 Å². The fourth-order valence-corrected chi connectivity index (χ4v) is 3.06. The second-order valence-electron chi connectivity index (χ2n) is 6.45. The summed E-state index contributed by atoms with van der Waals surface area (Å²) in [6.07, 6.45) is 0. The number of nitrogens with two attached hydrogens (primary N) is 3. The fourth-order valence-electron chi connectivity index (χ4n) is 3.06. The van der Waals surface area contributed by atoms with Crippen LogP contribution in [0.15, 0.2) is 6.07 Å². The van der Waals surface area contributed by atoms with Crippen LogP contribution < -0.4 is 22.5 Å². The summed E-state index contributed by atoms with van der Waals surface area (Å²) in [6, 6.07) is 2.06. The summed E-state index contributed by atoms with van der Waals surface area (Å²) in [5.74, 6) is 0. The average Bonchev–Trinajstić information content (AvgIpc) is 2.53. The van der Waals surface area contributed by atoms with Crippen LogP contribution in [0.25, 0.3) is 0 Å². The van der Waals surface area contributed by atoms with Crippen molar-refractivity contribution in [3.05, 3.63) is 45.0 Å². The van der Waals surface area contributed by atoms with Crippen molar-refractivity contribution in [2.75, 3.05) is 22.5 Å². The maximum absolute atomic E-state index is 6.24. The summed E-state index contributed by atoms with van der Waals surface area (Å²) in [5.41, 5.74) is 29.8. The van der Waals surface area contributed by atoms with Gasteiger partial charge in [-0.1, -0.05) is 6.07 Å². The first-order valence-electron chi connectivity index (χ1n) is 7.90. The molecule has 0 saturated carbocycles. The molecule has 0 saturated heterocycles. The Hall–Kier alpha value is -2.36. The van der Waals surface area contributed by atoms with Gasteiger partial charge in [-0.15, -0.1) is 0 Å². The zero-order valence-corrected chi connectivity index (χ0v) is 15.0. The van der Waals surface area contributed by atoms with Crippen molar-refractivity contribution in [1.82, 2.24) is 0 Å². The Balaban J connectivity index is 2.40. The van der Waals surface area contributed by atoms with Crippen molar-refractivity contribution >= 4 is 22.7 Å². The highest BCUT2D eigenvalue weighted by molar-refractivity contribution is 5.74. The largest absolute Gasteiger partial charge is 0.398 e. The molecular formula is C19H28N4. The molecule has 4 heteroatoms. The van der Waals surface area contributed by atoms with Crippen molar-refractivity contribution < 1.29 is 0 Å². The van der Waals surface area contributed by atoms with Gasteiger partial charge in [0.05, 0.1) is 0 Å². The molecule has 2 aromatic rings. The lowest BCUT2D eigenvalue weighted by molar-refractivity contribution is 1.11. The summed E-state index contributed by atoms with van der Waals surface area (Å²) in [6.45, 7) is 13.0. The number of nitrogens with one attached hydrogen (secondary N) is 1. The lowest BCUT2D eigenvalue weighted by Gasteiger charge is -2.21. The topological polar surface area (TPSA) is 90.1 Å². The van der Waals surface area contributed by atoms with E-state index < -0.39 is 0 Å². The number of hydrogen-bond acceptors (Lipinski definition) is 4. The number of nitrogen functional groups attached to an aromatic ring is 3. The molecule has 0 aliphatic rings. The lowest BCUT2D eigenvalue weighted by atomic mass is 9.95. The Kier molecular flexibility index (Phi) is 4.46. The average molecular weight is 312 g/mol. The SMILES string of the molecule is Cc1cc(CNc2c(C)c(C)c(C)c(N)c2C)c(N)c(C)c1N. The van der Waals surface area contributed by atoms with Gasteiger partial charge in [0.15, 0.2) is 0 Å². The molecule has 0 spiro atoms. The molecule has 0 fully saturated rings. The maximum atomic E-state index is 6.24. The number of aryl methyl sites for hydroxylation is 1. The first-order valence-corrected chi connectivity index (χ1v) is 7.90. The summed E-state index contributed by atoms with van der Waals surface area (Å²) in [5, 5.41) is 3.52. The van der Waals surface area contributed by atoms with E-state index in [1.165, 1.54) is 11.1 Å². The van der Waals surface area contributed by atoms with E-state index in [0.29, 0.717) is 6.54 Å². The molecule has 0 aromatic heterocycles. The van der Waals surface area contributed by atoms with Crippen LogP contribution in [0.2, 0.25) is 0 Å². The van der Waals surface area contributed by atoms with E-state index in [1.807, 2.05) is 13.8 Å². The Bertz CT molecular complexity index is 747. The number of hydrogen-bond donors (Lipinski definition) is 4. The zero-order valence-electron chi connectivity index (χ0n) is 15.0. The third-order valence-corrected chi connectivity index (χ3v) is 5.11. The van der Waals surface area contributed by atoms with Crippen LogP contribution in [0, 0.1) is 41.5 Å². The second kappa shape index (κ2) is 6.03. The van der Waals surface area contributed by atoms with E-state index >= 15 is 0 Å². The molecule has 0 bridgehead atoms. The Labute approximate surface area is 139 Å². The van der Waals surface area contributed by atoms with Gasteiger partial charge in [-0.25, -0.2) is 0 Å². The molecule has 2 rings (SSSR count). The van der Waals surface area contributed by atoms with Crippen molar-refractivity contribution in [3.8, 4) is 0 Å². The summed E-state index contributed by atoms with van der Waals surface area (Å²) < 4.78 is 0. The molecule has 0 aliphatic heterocycles. The third-order valence-electron chi connectivity index (χ3n) is 5.11. The van der Waals surface area contributed by atoms with E-state index in [9.17, 15) is 0 Å².